The maximum atomic E-state index is 12.9. The molecule has 2 aromatic rings. The van der Waals surface area contributed by atoms with Gasteiger partial charge >= 0.3 is 0 Å². The maximum Gasteiger partial charge on any atom is 0.243 e. The zero-order chi connectivity index (χ0) is 16.8. The third kappa shape index (κ3) is 4.93. The van der Waals surface area contributed by atoms with E-state index >= 15 is 0 Å². The van der Waals surface area contributed by atoms with Crippen molar-refractivity contribution in [2.45, 2.75) is 19.9 Å². The van der Waals surface area contributed by atoms with Crippen LogP contribution in [-0.4, -0.2) is 22.2 Å². The lowest BCUT2D eigenvalue weighted by atomic mass is 10.1. The van der Waals surface area contributed by atoms with E-state index in [4.69, 9.17) is 4.74 Å². The molecule has 0 radical (unpaired) electrons. The van der Waals surface area contributed by atoms with Crippen molar-refractivity contribution in [3.8, 4) is 11.5 Å². The number of amides is 1. The molecule has 0 aliphatic carbocycles. The zero-order valence-electron chi connectivity index (χ0n) is 12.9. The van der Waals surface area contributed by atoms with Crippen LogP contribution in [-0.2, 0) is 4.79 Å². The van der Waals surface area contributed by atoms with Crippen molar-refractivity contribution >= 4 is 12.0 Å². The molecule has 0 saturated heterocycles. The predicted molar refractivity (Wildman–Crippen MR) is 85.7 cm³/mol. The number of halogens is 1. The maximum absolute atomic E-state index is 12.9. The first-order valence-electron chi connectivity index (χ1n) is 7.16. The van der Waals surface area contributed by atoms with E-state index < -0.39 is 11.9 Å². The minimum atomic E-state index is -0.436. The molecule has 0 unspecified atom stereocenters. The fraction of sp³-hybridized carbons (Fsp3) is 0.167. The van der Waals surface area contributed by atoms with Gasteiger partial charge in [0.15, 0.2) is 0 Å². The highest BCUT2D eigenvalue weighted by Crippen LogP contribution is 2.23. The lowest BCUT2D eigenvalue weighted by molar-refractivity contribution is -0.167. The van der Waals surface area contributed by atoms with Crippen LogP contribution in [0, 0.1) is 5.82 Å². The first-order valence-corrected chi connectivity index (χ1v) is 7.16. The van der Waals surface area contributed by atoms with Gasteiger partial charge in [0.2, 0.25) is 5.91 Å². The van der Waals surface area contributed by atoms with E-state index in [1.165, 1.54) is 19.1 Å². The van der Waals surface area contributed by atoms with Crippen LogP contribution in [0.4, 0.5) is 4.39 Å². The Balaban J connectivity index is 2.07. The van der Waals surface area contributed by atoms with Gasteiger partial charge in [0.1, 0.15) is 17.3 Å². The number of hydrogen-bond acceptors (Lipinski definition) is 3. The monoisotopic (exact) mass is 315 g/mol. The fourth-order valence-corrected chi connectivity index (χ4v) is 1.94. The van der Waals surface area contributed by atoms with Crippen molar-refractivity contribution in [1.29, 1.82) is 0 Å². The molecule has 1 N–H and O–H groups in total. The number of hydroxylamine groups is 2. The Morgan fingerprint density at radius 1 is 1.22 bits per heavy atom. The molecule has 120 valence electrons. The molecular weight excluding hydrogens is 297 g/mol. The highest BCUT2D eigenvalue weighted by molar-refractivity contribution is 5.72. The summed E-state index contributed by atoms with van der Waals surface area (Å²) in [6.45, 7) is 3.00. The molecule has 0 spiro atoms. The molecule has 0 fully saturated rings. The number of carbonyl (C=O) groups is 1. The summed E-state index contributed by atoms with van der Waals surface area (Å²) >= 11 is 0. The van der Waals surface area contributed by atoms with Gasteiger partial charge in [-0.2, -0.15) is 0 Å². The molecule has 0 aliphatic rings. The Morgan fingerprint density at radius 2 is 1.91 bits per heavy atom. The molecular formula is C18H18FNO3. The van der Waals surface area contributed by atoms with Crippen molar-refractivity contribution in [2.75, 3.05) is 0 Å². The second-order valence-electron chi connectivity index (χ2n) is 5.09. The van der Waals surface area contributed by atoms with Gasteiger partial charge in [-0.05, 0) is 48.9 Å². The summed E-state index contributed by atoms with van der Waals surface area (Å²) in [6.07, 6.45) is 3.49. The Kier molecular flexibility index (Phi) is 5.49. The van der Waals surface area contributed by atoms with Crippen LogP contribution in [0.25, 0.3) is 6.08 Å². The van der Waals surface area contributed by atoms with Gasteiger partial charge in [-0.1, -0.05) is 24.3 Å². The second-order valence-corrected chi connectivity index (χ2v) is 5.09. The number of ether oxygens (including phenoxy) is 1. The minimum absolute atomic E-state index is 0.318. The quantitative estimate of drug-likeness (QED) is 0.662. The van der Waals surface area contributed by atoms with Gasteiger partial charge in [0.05, 0.1) is 6.04 Å². The van der Waals surface area contributed by atoms with Crippen molar-refractivity contribution in [3.63, 3.8) is 0 Å². The summed E-state index contributed by atoms with van der Waals surface area (Å²) in [4.78, 5) is 11.1. The second kappa shape index (κ2) is 7.56. The van der Waals surface area contributed by atoms with E-state index in [2.05, 4.69) is 0 Å². The highest BCUT2D eigenvalue weighted by atomic mass is 19.1. The summed E-state index contributed by atoms with van der Waals surface area (Å²) in [6, 6.07) is 12.6. The molecule has 0 aromatic heterocycles. The zero-order valence-corrected chi connectivity index (χ0v) is 12.9. The van der Waals surface area contributed by atoms with Gasteiger partial charge in [0, 0.05) is 6.92 Å². The van der Waals surface area contributed by atoms with Gasteiger partial charge in [0.25, 0.3) is 0 Å². The van der Waals surface area contributed by atoms with Crippen LogP contribution in [0.2, 0.25) is 0 Å². The van der Waals surface area contributed by atoms with Crippen molar-refractivity contribution in [1.82, 2.24) is 5.06 Å². The molecule has 5 heteroatoms. The Labute approximate surface area is 134 Å². The van der Waals surface area contributed by atoms with E-state index in [1.807, 2.05) is 18.2 Å². The van der Waals surface area contributed by atoms with Crippen molar-refractivity contribution in [3.05, 3.63) is 66.0 Å². The van der Waals surface area contributed by atoms with Gasteiger partial charge in [-0.25, -0.2) is 9.45 Å². The number of hydrogen-bond donors (Lipinski definition) is 1. The molecule has 0 saturated carbocycles. The van der Waals surface area contributed by atoms with Crippen LogP contribution < -0.4 is 4.74 Å². The summed E-state index contributed by atoms with van der Waals surface area (Å²) in [5.74, 6) is 0.412. The molecule has 2 rings (SSSR count). The van der Waals surface area contributed by atoms with Crippen LogP contribution in [0.5, 0.6) is 11.5 Å². The summed E-state index contributed by atoms with van der Waals surface area (Å²) < 4.78 is 18.5. The molecule has 1 atom stereocenters. The topological polar surface area (TPSA) is 49.8 Å². The predicted octanol–water partition coefficient (Wildman–Crippen LogP) is 4.26. The number of benzene rings is 2. The average molecular weight is 315 g/mol. The van der Waals surface area contributed by atoms with E-state index in [0.717, 1.165) is 5.56 Å². The SMILES string of the molecule is CC(=O)N(O)[C@@H](C)C=Cc1cccc(Oc2ccc(F)cc2)c1. The largest absolute Gasteiger partial charge is 0.457 e. The first-order chi connectivity index (χ1) is 11.0. The van der Waals surface area contributed by atoms with Crippen LogP contribution >= 0.6 is 0 Å². The Hall–Kier alpha value is -2.66. The smallest absolute Gasteiger partial charge is 0.243 e. The van der Waals surface area contributed by atoms with E-state index in [9.17, 15) is 14.4 Å². The average Bonchev–Trinajstić information content (AvgIpc) is 2.54. The first kappa shape index (κ1) is 16.7. The van der Waals surface area contributed by atoms with E-state index in [-0.39, 0.29) is 5.82 Å². The summed E-state index contributed by atoms with van der Waals surface area (Å²) in [5.41, 5.74) is 0.855. The van der Waals surface area contributed by atoms with E-state index in [0.29, 0.717) is 16.6 Å². The third-order valence-corrected chi connectivity index (χ3v) is 3.18. The lowest BCUT2D eigenvalue weighted by Crippen LogP contribution is -2.32. The van der Waals surface area contributed by atoms with Crippen LogP contribution in [0.15, 0.2) is 54.6 Å². The summed E-state index contributed by atoms with van der Waals surface area (Å²) in [7, 11) is 0. The van der Waals surface area contributed by atoms with Gasteiger partial charge < -0.3 is 4.74 Å². The normalized spacial score (nSPS) is 12.2. The Bertz CT molecular complexity index is 698. The number of carbonyl (C=O) groups excluding carboxylic acids is 1. The summed E-state index contributed by atoms with van der Waals surface area (Å²) in [5, 5.41) is 10.2. The molecule has 0 bridgehead atoms. The third-order valence-electron chi connectivity index (χ3n) is 3.18. The van der Waals surface area contributed by atoms with Crippen molar-refractivity contribution < 1.29 is 19.1 Å². The number of nitrogens with zero attached hydrogens (tertiary/aromatic N) is 1. The molecule has 0 heterocycles. The number of rotatable bonds is 5. The van der Waals surface area contributed by atoms with Crippen LogP contribution in [0.1, 0.15) is 19.4 Å². The fourth-order valence-electron chi connectivity index (χ4n) is 1.94. The van der Waals surface area contributed by atoms with Gasteiger partial charge in [-0.15, -0.1) is 0 Å². The lowest BCUT2D eigenvalue weighted by Gasteiger charge is -2.17. The molecule has 23 heavy (non-hydrogen) atoms. The molecule has 4 nitrogen and oxygen atoms in total. The standard InChI is InChI=1S/C18H18FNO3/c1-13(20(22)14(2)21)6-7-15-4-3-5-18(12-15)23-17-10-8-16(19)9-11-17/h3-13,22H,1-2H3/t13-/m0/s1. The van der Waals surface area contributed by atoms with Crippen molar-refractivity contribution in [2.24, 2.45) is 0 Å². The van der Waals surface area contributed by atoms with Gasteiger partial charge in [-0.3, -0.25) is 10.0 Å². The van der Waals surface area contributed by atoms with Crippen LogP contribution in [0.3, 0.4) is 0 Å². The highest BCUT2D eigenvalue weighted by Gasteiger charge is 2.10. The molecule has 0 aliphatic heterocycles. The minimum Gasteiger partial charge on any atom is -0.457 e. The van der Waals surface area contributed by atoms with E-state index in [1.54, 1.807) is 37.3 Å². The molecule has 1 amide bonds. The molecule has 2 aromatic carbocycles. The Morgan fingerprint density at radius 3 is 2.57 bits per heavy atom.